The number of thioether (sulfide) groups is 1. The number of rotatable bonds is 7. The molecule has 1 N–H and O–H groups in total. The summed E-state index contributed by atoms with van der Waals surface area (Å²) >= 11 is 3.56. The van der Waals surface area contributed by atoms with Crippen molar-refractivity contribution in [2.24, 2.45) is 5.92 Å². The molecule has 3 nitrogen and oxygen atoms in total. The Labute approximate surface area is 158 Å². The molecule has 0 bridgehead atoms. The first-order valence-corrected chi connectivity index (χ1v) is 10.9. The van der Waals surface area contributed by atoms with Crippen LogP contribution in [-0.4, -0.2) is 36.2 Å². The molecule has 25 heavy (non-hydrogen) atoms. The van der Waals surface area contributed by atoms with E-state index in [0.29, 0.717) is 5.92 Å². The van der Waals surface area contributed by atoms with Gasteiger partial charge in [-0.15, -0.1) is 23.1 Å². The highest BCUT2D eigenvalue weighted by Crippen LogP contribution is 2.23. The normalized spacial score (nSPS) is 16.0. The van der Waals surface area contributed by atoms with Crippen molar-refractivity contribution in [3.63, 3.8) is 0 Å². The molecule has 1 aliphatic rings. The molecule has 1 amide bonds. The summed E-state index contributed by atoms with van der Waals surface area (Å²) in [7, 11) is 0. The molecule has 1 fully saturated rings. The molecule has 0 saturated carbocycles. The van der Waals surface area contributed by atoms with E-state index in [1.165, 1.54) is 4.88 Å². The van der Waals surface area contributed by atoms with Gasteiger partial charge in [0.15, 0.2) is 0 Å². The van der Waals surface area contributed by atoms with Gasteiger partial charge in [-0.3, -0.25) is 9.69 Å². The molecule has 2 heterocycles. The predicted molar refractivity (Wildman–Crippen MR) is 107 cm³/mol. The van der Waals surface area contributed by atoms with Gasteiger partial charge in [-0.2, -0.15) is 0 Å². The summed E-state index contributed by atoms with van der Waals surface area (Å²) in [5.74, 6) is 1.64. The van der Waals surface area contributed by atoms with Crippen molar-refractivity contribution in [3.05, 3.63) is 52.2 Å². The van der Waals surface area contributed by atoms with Gasteiger partial charge >= 0.3 is 0 Å². The van der Waals surface area contributed by atoms with Gasteiger partial charge in [0, 0.05) is 22.9 Å². The van der Waals surface area contributed by atoms with Crippen molar-refractivity contribution in [2.45, 2.75) is 31.2 Å². The lowest BCUT2D eigenvalue weighted by molar-refractivity contribution is 0.0932. The summed E-state index contributed by atoms with van der Waals surface area (Å²) in [6.45, 7) is 6.22. The minimum atomic E-state index is 0.0672. The number of hydrogen-bond donors (Lipinski definition) is 1. The first-order chi connectivity index (χ1) is 12.3. The number of piperidine rings is 1. The topological polar surface area (TPSA) is 32.3 Å². The molecule has 0 aliphatic carbocycles. The van der Waals surface area contributed by atoms with E-state index in [1.54, 1.807) is 11.8 Å². The van der Waals surface area contributed by atoms with E-state index >= 15 is 0 Å². The largest absolute Gasteiger partial charge is 0.352 e. The summed E-state index contributed by atoms with van der Waals surface area (Å²) in [4.78, 5) is 17.6. The van der Waals surface area contributed by atoms with E-state index in [4.69, 9.17) is 0 Å². The number of hydrogen-bond acceptors (Lipinski definition) is 4. The molecule has 0 radical (unpaired) electrons. The van der Waals surface area contributed by atoms with Crippen molar-refractivity contribution in [1.29, 1.82) is 0 Å². The van der Waals surface area contributed by atoms with Crippen molar-refractivity contribution in [2.75, 3.05) is 25.4 Å². The quantitative estimate of drug-likeness (QED) is 0.724. The number of thiophene rings is 1. The highest BCUT2D eigenvalue weighted by molar-refractivity contribution is 7.99. The van der Waals surface area contributed by atoms with E-state index in [2.05, 4.69) is 34.7 Å². The maximum absolute atomic E-state index is 12.5. The van der Waals surface area contributed by atoms with Crippen molar-refractivity contribution in [1.82, 2.24) is 10.2 Å². The second-order valence-electron chi connectivity index (χ2n) is 6.44. The Kier molecular flexibility index (Phi) is 6.96. The smallest absolute Gasteiger partial charge is 0.252 e. The Morgan fingerprint density at radius 1 is 1.24 bits per heavy atom. The van der Waals surface area contributed by atoms with Crippen LogP contribution in [0.3, 0.4) is 0 Å². The van der Waals surface area contributed by atoms with Crippen LogP contribution in [-0.2, 0) is 6.54 Å². The fraction of sp³-hybridized carbons (Fsp3) is 0.450. The SMILES string of the molecule is CCSc1ccccc1C(=O)NCC1CCN(Cc2cccs2)CC1. The van der Waals surface area contributed by atoms with Crippen LogP contribution in [0.1, 0.15) is 35.0 Å². The number of likely N-dealkylation sites (tertiary alicyclic amines) is 1. The second kappa shape index (κ2) is 9.41. The number of carbonyl (C=O) groups excluding carboxylic acids is 1. The molecule has 2 aromatic rings. The summed E-state index contributed by atoms with van der Waals surface area (Å²) in [5, 5.41) is 5.30. The zero-order valence-corrected chi connectivity index (χ0v) is 16.4. The average molecular weight is 375 g/mol. The minimum Gasteiger partial charge on any atom is -0.352 e. The monoisotopic (exact) mass is 374 g/mol. The minimum absolute atomic E-state index is 0.0672. The maximum Gasteiger partial charge on any atom is 0.252 e. The summed E-state index contributed by atoms with van der Waals surface area (Å²) in [5.41, 5.74) is 0.810. The average Bonchev–Trinajstić information content (AvgIpc) is 3.15. The van der Waals surface area contributed by atoms with E-state index in [1.807, 2.05) is 35.6 Å². The summed E-state index contributed by atoms with van der Waals surface area (Å²) in [6.07, 6.45) is 2.33. The maximum atomic E-state index is 12.5. The summed E-state index contributed by atoms with van der Waals surface area (Å²) in [6, 6.07) is 12.2. The molecule has 5 heteroatoms. The van der Waals surface area contributed by atoms with Crippen molar-refractivity contribution in [3.8, 4) is 0 Å². The Balaban J connectivity index is 1.44. The molecular weight excluding hydrogens is 348 g/mol. The van der Waals surface area contributed by atoms with Crippen LogP contribution in [0.25, 0.3) is 0 Å². The van der Waals surface area contributed by atoms with E-state index in [-0.39, 0.29) is 5.91 Å². The lowest BCUT2D eigenvalue weighted by Gasteiger charge is -2.31. The molecule has 0 spiro atoms. The highest BCUT2D eigenvalue weighted by Gasteiger charge is 2.20. The van der Waals surface area contributed by atoms with Crippen molar-refractivity contribution >= 4 is 29.0 Å². The van der Waals surface area contributed by atoms with E-state index in [0.717, 1.165) is 55.2 Å². The standard InChI is InChI=1S/C20H26N2OS2/c1-2-24-19-8-4-3-7-18(19)20(23)21-14-16-9-11-22(12-10-16)15-17-6-5-13-25-17/h3-8,13,16H,2,9-12,14-15H2,1H3,(H,21,23). The fourth-order valence-electron chi connectivity index (χ4n) is 3.24. The third-order valence-corrected chi connectivity index (χ3v) is 6.47. The van der Waals surface area contributed by atoms with Crippen LogP contribution in [0.15, 0.2) is 46.7 Å². The molecular formula is C20H26N2OS2. The van der Waals surface area contributed by atoms with Gasteiger partial charge in [0.05, 0.1) is 5.56 Å². The van der Waals surface area contributed by atoms with Crippen molar-refractivity contribution < 1.29 is 4.79 Å². The number of benzene rings is 1. The molecule has 0 unspecified atom stereocenters. The van der Waals surface area contributed by atoms with Gasteiger partial charge in [-0.25, -0.2) is 0 Å². The Hall–Kier alpha value is -1.30. The van der Waals surface area contributed by atoms with Crippen LogP contribution in [0.5, 0.6) is 0 Å². The predicted octanol–water partition coefficient (Wildman–Crippen LogP) is 4.50. The van der Waals surface area contributed by atoms with Gasteiger partial charge in [-0.1, -0.05) is 25.1 Å². The summed E-state index contributed by atoms with van der Waals surface area (Å²) < 4.78 is 0. The first kappa shape index (κ1) is 18.5. The van der Waals surface area contributed by atoms with Gasteiger partial charge < -0.3 is 5.32 Å². The molecule has 134 valence electrons. The van der Waals surface area contributed by atoms with Crippen LogP contribution in [0, 0.1) is 5.92 Å². The number of amides is 1. The van der Waals surface area contributed by atoms with Gasteiger partial charge in [-0.05, 0) is 61.2 Å². The third-order valence-electron chi connectivity index (χ3n) is 4.65. The first-order valence-electron chi connectivity index (χ1n) is 9.01. The Bertz CT molecular complexity index is 664. The van der Waals surface area contributed by atoms with Crippen LogP contribution >= 0.6 is 23.1 Å². The zero-order chi connectivity index (χ0) is 17.5. The molecule has 1 aliphatic heterocycles. The van der Waals surface area contributed by atoms with Gasteiger partial charge in [0.2, 0.25) is 0 Å². The lowest BCUT2D eigenvalue weighted by atomic mass is 9.96. The Morgan fingerprint density at radius 3 is 2.76 bits per heavy atom. The number of carbonyl (C=O) groups is 1. The highest BCUT2D eigenvalue weighted by atomic mass is 32.2. The third kappa shape index (κ3) is 5.33. The molecule has 1 saturated heterocycles. The van der Waals surface area contributed by atoms with E-state index < -0.39 is 0 Å². The molecule has 1 aromatic carbocycles. The number of nitrogens with one attached hydrogen (secondary N) is 1. The number of nitrogens with zero attached hydrogens (tertiary/aromatic N) is 1. The van der Waals surface area contributed by atoms with E-state index in [9.17, 15) is 4.79 Å². The second-order valence-corrected chi connectivity index (χ2v) is 8.78. The van der Waals surface area contributed by atoms with Crippen LogP contribution in [0.2, 0.25) is 0 Å². The zero-order valence-electron chi connectivity index (χ0n) is 14.7. The fourth-order valence-corrected chi connectivity index (χ4v) is 4.79. The van der Waals surface area contributed by atoms with Gasteiger partial charge in [0.1, 0.15) is 0 Å². The van der Waals surface area contributed by atoms with Crippen LogP contribution in [0.4, 0.5) is 0 Å². The van der Waals surface area contributed by atoms with Crippen LogP contribution < -0.4 is 5.32 Å². The molecule has 3 rings (SSSR count). The molecule has 0 atom stereocenters. The molecule has 1 aromatic heterocycles. The lowest BCUT2D eigenvalue weighted by Crippen LogP contribution is -2.38. The Morgan fingerprint density at radius 2 is 2.04 bits per heavy atom. The van der Waals surface area contributed by atoms with Gasteiger partial charge in [0.25, 0.3) is 5.91 Å².